The molecule has 0 amide bonds. The number of pyridine rings is 1. The lowest BCUT2D eigenvalue weighted by atomic mass is 9.98. The van der Waals surface area contributed by atoms with Gasteiger partial charge in [0, 0.05) is 38.5 Å². The third-order valence-corrected chi connectivity index (χ3v) is 9.69. The summed E-state index contributed by atoms with van der Waals surface area (Å²) in [5, 5.41) is 16.1. The molecule has 8 aromatic rings. The second-order valence-corrected chi connectivity index (χ2v) is 12.6. The first-order chi connectivity index (χ1) is 22.3. The molecule has 0 unspecified atom stereocenters. The summed E-state index contributed by atoms with van der Waals surface area (Å²) < 4.78 is 4.61. The maximum Gasteiger partial charge on any atom is 0.104 e. The highest BCUT2D eigenvalue weighted by Gasteiger charge is 2.24. The summed E-state index contributed by atoms with van der Waals surface area (Å²) in [6, 6.07) is 37.2. The molecule has 0 saturated carbocycles. The van der Waals surface area contributed by atoms with E-state index >= 15 is 0 Å². The zero-order valence-corrected chi connectivity index (χ0v) is 27.0. The van der Waals surface area contributed by atoms with Gasteiger partial charge >= 0.3 is 0 Å². The van der Waals surface area contributed by atoms with E-state index in [0.29, 0.717) is 5.56 Å². The summed E-state index contributed by atoms with van der Waals surface area (Å²) in [6.45, 7) is 12.8. The van der Waals surface area contributed by atoms with E-state index in [4.69, 9.17) is 4.98 Å². The lowest BCUT2D eigenvalue weighted by Gasteiger charge is -2.19. The number of aryl methyl sites for hydroxylation is 6. The van der Waals surface area contributed by atoms with Crippen molar-refractivity contribution < 1.29 is 0 Å². The topological polar surface area (TPSA) is 46.5 Å². The largest absolute Gasteiger partial charge is 0.308 e. The summed E-state index contributed by atoms with van der Waals surface area (Å²) in [5.74, 6) is 0. The quantitative estimate of drug-likeness (QED) is 0.204. The molecule has 0 atom stereocenters. The third kappa shape index (κ3) is 3.88. The molecule has 0 bridgehead atoms. The predicted molar refractivity (Wildman–Crippen MR) is 191 cm³/mol. The molecule has 222 valence electrons. The molecule has 0 aliphatic carbocycles. The molecule has 4 nitrogen and oxygen atoms in total. The molecule has 0 aliphatic heterocycles. The minimum Gasteiger partial charge on any atom is -0.308 e. The lowest BCUT2D eigenvalue weighted by Crippen LogP contribution is -2.06. The molecular formula is C42H34N4. The van der Waals surface area contributed by atoms with Crippen molar-refractivity contribution in [1.82, 2.24) is 14.1 Å². The first-order valence-electron chi connectivity index (χ1n) is 15.8. The Morgan fingerprint density at radius 3 is 1.26 bits per heavy atom. The number of aromatic nitrogens is 3. The number of hydrogen-bond donors (Lipinski definition) is 0. The van der Waals surface area contributed by atoms with Crippen LogP contribution >= 0.6 is 0 Å². The highest BCUT2D eigenvalue weighted by atomic mass is 15.0. The summed E-state index contributed by atoms with van der Waals surface area (Å²) in [4.78, 5) is 4.84. The first-order valence-corrected chi connectivity index (χ1v) is 15.8. The van der Waals surface area contributed by atoms with Crippen molar-refractivity contribution in [1.29, 1.82) is 5.26 Å². The fraction of sp³-hybridized carbons (Fsp3) is 0.143. The second kappa shape index (κ2) is 10.2. The average molecular weight is 595 g/mol. The lowest BCUT2D eigenvalue weighted by molar-refractivity contribution is 1.11. The van der Waals surface area contributed by atoms with Gasteiger partial charge in [-0.15, -0.1) is 0 Å². The van der Waals surface area contributed by atoms with Crippen LogP contribution in [0.2, 0.25) is 0 Å². The Morgan fingerprint density at radius 2 is 0.913 bits per heavy atom. The normalized spacial score (nSPS) is 11.7. The molecule has 5 aromatic carbocycles. The monoisotopic (exact) mass is 594 g/mol. The van der Waals surface area contributed by atoms with Gasteiger partial charge in [0.15, 0.2) is 0 Å². The molecule has 8 rings (SSSR count). The van der Waals surface area contributed by atoms with Crippen LogP contribution in [0.25, 0.3) is 66.1 Å². The summed E-state index contributed by atoms with van der Waals surface area (Å²) in [7, 11) is 0. The maximum absolute atomic E-state index is 11.2. The van der Waals surface area contributed by atoms with Gasteiger partial charge in [0.2, 0.25) is 0 Å². The summed E-state index contributed by atoms with van der Waals surface area (Å²) in [5.41, 5.74) is 15.6. The predicted octanol–water partition coefficient (Wildman–Crippen LogP) is 10.7. The molecule has 0 spiro atoms. The van der Waals surface area contributed by atoms with Crippen LogP contribution in [0.5, 0.6) is 0 Å². The average Bonchev–Trinajstić information content (AvgIpc) is 3.56. The van der Waals surface area contributed by atoms with Crippen molar-refractivity contribution in [3.63, 3.8) is 0 Å². The van der Waals surface area contributed by atoms with Crippen LogP contribution in [0, 0.1) is 52.9 Å². The molecule has 4 heteroatoms. The standard InChI is InChI=1S/C42H34N4/c1-24-11-7-15-33-39(24)40-25(2)12-8-16-34(40)45(33)37-21-30(31-20-19-28(5)44-29(31)6)22-38(32(37)23-43)46-35-17-9-13-26(3)41(35)42-27(4)14-10-18-36(42)46/h7-22H,1-6H3. The molecule has 0 saturated heterocycles. The van der Waals surface area contributed by atoms with E-state index < -0.39 is 0 Å². The number of benzene rings is 5. The van der Waals surface area contributed by atoms with E-state index in [0.717, 1.165) is 56.0 Å². The maximum atomic E-state index is 11.2. The van der Waals surface area contributed by atoms with Gasteiger partial charge in [-0.25, -0.2) is 0 Å². The van der Waals surface area contributed by atoms with E-state index in [1.807, 2.05) is 6.92 Å². The Labute approximate surface area is 268 Å². The molecule has 3 heterocycles. The SMILES string of the molecule is Cc1ccc(-c2cc(-n3c4cccc(C)c4c4c(C)cccc43)c(C#N)c(-n3c4cccc(C)c4c4c(C)cccc43)c2)c(C)n1. The minimum absolute atomic E-state index is 0.630. The van der Waals surface area contributed by atoms with Crippen LogP contribution < -0.4 is 0 Å². The Hall–Kier alpha value is -5.66. The fourth-order valence-corrected chi connectivity index (χ4v) is 7.66. The van der Waals surface area contributed by atoms with Crippen molar-refractivity contribution in [3.8, 4) is 28.6 Å². The first kappa shape index (κ1) is 27.9. The van der Waals surface area contributed by atoms with Crippen LogP contribution in [-0.2, 0) is 0 Å². The van der Waals surface area contributed by atoms with Crippen molar-refractivity contribution in [2.45, 2.75) is 41.5 Å². The van der Waals surface area contributed by atoms with Crippen LogP contribution in [0.4, 0.5) is 0 Å². The van der Waals surface area contributed by atoms with Crippen molar-refractivity contribution >= 4 is 43.6 Å². The zero-order valence-electron chi connectivity index (χ0n) is 27.0. The molecule has 0 radical (unpaired) electrons. The van der Waals surface area contributed by atoms with Gasteiger partial charge in [0.05, 0.1) is 33.4 Å². The Kier molecular flexibility index (Phi) is 6.17. The number of nitrogens with zero attached hydrogens (tertiary/aromatic N) is 4. The fourth-order valence-electron chi connectivity index (χ4n) is 7.66. The van der Waals surface area contributed by atoms with E-state index in [9.17, 15) is 5.26 Å². The molecule has 0 aliphatic rings. The zero-order chi connectivity index (χ0) is 31.9. The molecule has 46 heavy (non-hydrogen) atoms. The van der Waals surface area contributed by atoms with Gasteiger partial charge in [0.25, 0.3) is 0 Å². The minimum atomic E-state index is 0.630. The Bertz CT molecular complexity index is 2340. The van der Waals surface area contributed by atoms with Crippen molar-refractivity contribution in [2.24, 2.45) is 0 Å². The summed E-state index contributed by atoms with van der Waals surface area (Å²) in [6.07, 6.45) is 0. The molecule has 0 N–H and O–H groups in total. The van der Waals surface area contributed by atoms with Gasteiger partial charge in [-0.05, 0) is 112 Å². The summed E-state index contributed by atoms with van der Waals surface area (Å²) >= 11 is 0. The Balaban J connectivity index is 1.61. The smallest absolute Gasteiger partial charge is 0.104 e. The van der Waals surface area contributed by atoms with Crippen LogP contribution in [0.15, 0.2) is 97.1 Å². The van der Waals surface area contributed by atoms with Crippen molar-refractivity contribution in [3.05, 3.63) is 136 Å². The number of nitriles is 1. The highest BCUT2D eigenvalue weighted by Crippen LogP contribution is 2.42. The van der Waals surface area contributed by atoms with Gasteiger partial charge in [-0.1, -0.05) is 54.6 Å². The van der Waals surface area contributed by atoms with Crippen LogP contribution in [0.3, 0.4) is 0 Å². The van der Waals surface area contributed by atoms with E-state index in [1.165, 1.54) is 43.8 Å². The number of fused-ring (bicyclic) bond motifs is 6. The molecule has 0 fully saturated rings. The van der Waals surface area contributed by atoms with Gasteiger partial charge < -0.3 is 9.13 Å². The number of rotatable bonds is 3. The van der Waals surface area contributed by atoms with E-state index in [2.05, 4.69) is 147 Å². The van der Waals surface area contributed by atoms with Gasteiger partial charge in [-0.3, -0.25) is 4.98 Å². The van der Waals surface area contributed by atoms with Crippen LogP contribution in [-0.4, -0.2) is 14.1 Å². The van der Waals surface area contributed by atoms with Gasteiger partial charge in [0.1, 0.15) is 11.6 Å². The van der Waals surface area contributed by atoms with E-state index in [1.54, 1.807) is 0 Å². The Morgan fingerprint density at radius 1 is 0.522 bits per heavy atom. The number of hydrogen-bond acceptors (Lipinski definition) is 2. The van der Waals surface area contributed by atoms with Crippen molar-refractivity contribution in [2.75, 3.05) is 0 Å². The second-order valence-electron chi connectivity index (χ2n) is 12.6. The highest BCUT2D eigenvalue weighted by molar-refractivity contribution is 6.14. The van der Waals surface area contributed by atoms with Gasteiger partial charge in [-0.2, -0.15) is 5.26 Å². The van der Waals surface area contributed by atoms with E-state index in [-0.39, 0.29) is 0 Å². The molecule has 3 aromatic heterocycles. The van der Waals surface area contributed by atoms with Crippen LogP contribution in [0.1, 0.15) is 39.2 Å². The molecular weight excluding hydrogens is 560 g/mol. The third-order valence-electron chi connectivity index (χ3n) is 9.69.